The average molecular weight is 395 g/mol. The summed E-state index contributed by atoms with van der Waals surface area (Å²) < 4.78 is 27.9. The predicted octanol–water partition coefficient (Wildman–Crippen LogP) is 0.204. The van der Waals surface area contributed by atoms with Crippen LogP contribution in [-0.4, -0.2) is 57.0 Å². The highest BCUT2D eigenvalue weighted by atomic mass is 32.2. The second-order valence-electron chi connectivity index (χ2n) is 6.58. The van der Waals surface area contributed by atoms with Crippen LogP contribution in [0.4, 0.5) is 10.5 Å². The van der Waals surface area contributed by atoms with Crippen LogP contribution in [0.15, 0.2) is 24.3 Å². The molecule has 10 heteroatoms. The van der Waals surface area contributed by atoms with Gasteiger partial charge in [0.1, 0.15) is 11.8 Å². The number of anilines is 1. The van der Waals surface area contributed by atoms with E-state index in [1.54, 1.807) is 24.3 Å². The van der Waals surface area contributed by atoms with Gasteiger partial charge in [-0.1, -0.05) is 0 Å². The molecule has 2 aliphatic heterocycles. The second kappa shape index (κ2) is 7.55. The van der Waals surface area contributed by atoms with E-state index in [1.165, 1.54) is 7.11 Å². The smallest absolute Gasteiger partial charge is 0.329 e. The molecule has 2 N–H and O–H groups in total. The molecule has 0 aliphatic carbocycles. The summed E-state index contributed by atoms with van der Waals surface area (Å²) in [5.74, 6) is -0.133. The van der Waals surface area contributed by atoms with E-state index in [4.69, 9.17) is 4.74 Å². The zero-order valence-electron chi connectivity index (χ0n) is 14.8. The normalized spacial score (nSPS) is 24.0. The van der Waals surface area contributed by atoms with Crippen LogP contribution in [0, 0.1) is 0 Å². The van der Waals surface area contributed by atoms with Gasteiger partial charge in [0.15, 0.2) is 9.84 Å². The average Bonchev–Trinajstić information content (AvgIpc) is 3.11. The van der Waals surface area contributed by atoms with Crippen molar-refractivity contribution in [1.29, 1.82) is 0 Å². The van der Waals surface area contributed by atoms with E-state index >= 15 is 0 Å². The summed E-state index contributed by atoms with van der Waals surface area (Å²) in [5.41, 5.74) is 0.418. The molecule has 2 unspecified atom stereocenters. The predicted molar refractivity (Wildman–Crippen MR) is 97.2 cm³/mol. The monoisotopic (exact) mass is 395 g/mol. The number of nitrogens with one attached hydrogen (secondary N) is 2. The minimum atomic E-state index is -3.07. The number of imide groups is 1. The first kappa shape index (κ1) is 19.2. The molecule has 0 aromatic heterocycles. The minimum Gasteiger partial charge on any atom is -0.497 e. The third-order valence-corrected chi connectivity index (χ3v) is 6.38. The van der Waals surface area contributed by atoms with Gasteiger partial charge in [0.05, 0.1) is 24.3 Å². The van der Waals surface area contributed by atoms with E-state index in [9.17, 15) is 22.8 Å². The zero-order valence-corrected chi connectivity index (χ0v) is 15.6. The lowest BCUT2D eigenvalue weighted by Gasteiger charge is -2.14. The molecular weight excluding hydrogens is 374 g/mol. The van der Waals surface area contributed by atoms with Crippen molar-refractivity contribution in [2.75, 3.05) is 23.5 Å². The van der Waals surface area contributed by atoms with E-state index in [2.05, 4.69) is 10.6 Å². The SMILES string of the molecule is COc1ccc(N2C(=O)NC(CCC(=O)NC3CCS(=O)(=O)C3)C2=O)cc1. The lowest BCUT2D eigenvalue weighted by molar-refractivity contribution is -0.122. The highest BCUT2D eigenvalue weighted by Crippen LogP contribution is 2.23. The van der Waals surface area contributed by atoms with Gasteiger partial charge in [-0.05, 0) is 37.1 Å². The van der Waals surface area contributed by atoms with Crippen molar-refractivity contribution in [1.82, 2.24) is 10.6 Å². The fraction of sp³-hybridized carbons (Fsp3) is 0.471. The summed E-state index contributed by atoms with van der Waals surface area (Å²) in [6, 6.07) is 4.78. The molecule has 2 heterocycles. The molecule has 9 nitrogen and oxygen atoms in total. The van der Waals surface area contributed by atoms with Crippen molar-refractivity contribution in [2.45, 2.75) is 31.3 Å². The molecule has 146 valence electrons. The molecule has 0 bridgehead atoms. The van der Waals surface area contributed by atoms with E-state index in [1.807, 2.05) is 0 Å². The van der Waals surface area contributed by atoms with Gasteiger partial charge in [-0.2, -0.15) is 0 Å². The Morgan fingerprint density at radius 2 is 2.00 bits per heavy atom. The van der Waals surface area contributed by atoms with Gasteiger partial charge in [0.2, 0.25) is 5.91 Å². The summed E-state index contributed by atoms with van der Waals surface area (Å²) in [6.07, 6.45) is 0.560. The number of methoxy groups -OCH3 is 1. The number of hydrogen-bond acceptors (Lipinski definition) is 6. The van der Waals surface area contributed by atoms with Crippen LogP contribution in [0.5, 0.6) is 5.75 Å². The summed E-state index contributed by atoms with van der Waals surface area (Å²) in [4.78, 5) is 37.7. The number of carbonyl (C=O) groups is 3. The Morgan fingerprint density at radius 3 is 2.59 bits per heavy atom. The van der Waals surface area contributed by atoms with Crippen molar-refractivity contribution in [3.8, 4) is 5.75 Å². The van der Waals surface area contributed by atoms with Gasteiger partial charge in [-0.3, -0.25) is 9.59 Å². The quantitative estimate of drug-likeness (QED) is 0.664. The summed E-state index contributed by atoms with van der Waals surface area (Å²) in [6.45, 7) is 0. The maximum Gasteiger partial charge on any atom is 0.329 e. The standard InChI is InChI=1S/C17H21N3O6S/c1-26-13-4-2-12(3-5-13)20-16(22)14(19-17(20)23)6-7-15(21)18-11-8-9-27(24,25)10-11/h2-5,11,14H,6-10H2,1H3,(H,18,21)(H,19,23). The molecule has 2 atom stereocenters. The van der Waals surface area contributed by atoms with Crippen LogP contribution in [0.1, 0.15) is 19.3 Å². The minimum absolute atomic E-state index is 0.0175. The van der Waals surface area contributed by atoms with Crippen molar-refractivity contribution in [3.05, 3.63) is 24.3 Å². The van der Waals surface area contributed by atoms with E-state index in [0.717, 1.165) is 4.90 Å². The zero-order chi connectivity index (χ0) is 19.6. The van der Waals surface area contributed by atoms with Gasteiger partial charge < -0.3 is 15.4 Å². The molecule has 0 spiro atoms. The first-order valence-corrected chi connectivity index (χ1v) is 10.4. The lowest BCUT2D eigenvalue weighted by Crippen LogP contribution is -2.37. The fourth-order valence-corrected chi connectivity index (χ4v) is 4.86. The van der Waals surface area contributed by atoms with Crippen LogP contribution < -0.4 is 20.3 Å². The van der Waals surface area contributed by atoms with Gasteiger partial charge in [0, 0.05) is 12.5 Å². The van der Waals surface area contributed by atoms with E-state index in [0.29, 0.717) is 17.9 Å². The molecule has 27 heavy (non-hydrogen) atoms. The molecule has 1 aromatic carbocycles. The number of ether oxygens (including phenoxy) is 1. The highest BCUT2D eigenvalue weighted by Gasteiger charge is 2.39. The first-order chi connectivity index (χ1) is 12.8. The summed E-state index contributed by atoms with van der Waals surface area (Å²) in [7, 11) is -1.55. The Bertz CT molecular complexity index is 852. The third kappa shape index (κ3) is 4.38. The Labute approximate surface area is 157 Å². The largest absolute Gasteiger partial charge is 0.497 e. The molecule has 4 amide bonds. The van der Waals surface area contributed by atoms with Gasteiger partial charge in [-0.15, -0.1) is 0 Å². The number of sulfone groups is 1. The molecule has 2 fully saturated rings. The number of benzene rings is 1. The Hall–Kier alpha value is -2.62. The molecule has 0 radical (unpaired) electrons. The van der Waals surface area contributed by atoms with Crippen LogP contribution in [0.25, 0.3) is 0 Å². The van der Waals surface area contributed by atoms with E-state index < -0.39 is 27.8 Å². The maximum absolute atomic E-state index is 12.5. The van der Waals surface area contributed by atoms with Crippen molar-refractivity contribution >= 4 is 33.4 Å². The van der Waals surface area contributed by atoms with Crippen molar-refractivity contribution in [3.63, 3.8) is 0 Å². The second-order valence-corrected chi connectivity index (χ2v) is 8.81. The molecule has 2 aliphatic rings. The summed E-state index contributed by atoms with van der Waals surface area (Å²) >= 11 is 0. The number of rotatable bonds is 6. The Kier molecular flexibility index (Phi) is 5.36. The molecule has 2 saturated heterocycles. The molecule has 3 rings (SSSR count). The fourth-order valence-electron chi connectivity index (χ4n) is 3.19. The van der Waals surface area contributed by atoms with Gasteiger partial charge in [-0.25, -0.2) is 18.1 Å². The summed E-state index contributed by atoms with van der Waals surface area (Å²) in [5, 5.41) is 5.24. The number of urea groups is 1. The number of nitrogens with zero attached hydrogens (tertiary/aromatic N) is 1. The van der Waals surface area contributed by atoms with Crippen LogP contribution in [-0.2, 0) is 19.4 Å². The molecule has 1 aromatic rings. The Balaban J connectivity index is 1.54. The number of hydrogen-bond donors (Lipinski definition) is 2. The topological polar surface area (TPSA) is 122 Å². The maximum atomic E-state index is 12.5. The van der Waals surface area contributed by atoms with E-state index in [-0.39, 0.29) is 36.3 Å². The van der Waals surface area contributed by atoms with Crippen LogP contribution >= 0.6 is 0 Å². The van der Waals surface area contributed by atoms with Crippen LogP contribution in [0.2, 0.25) is 0 Å². The van der Waals surface area contributed by atoms with Crippen molar-refractivity contribution < 1.29 is 27.5 Å². The van der Waals surface area contributed by atoms with Crippen LogP contribution in [0.3, 0.4) is 0 Å². The van der Waals surface area contributed by atoms with Gasteiger partial charge in [0.25, 0.3) is 5.91 Å². The Morgan fingerprint density at radius 1 is 1.30 bits per heavy atom. The lowest BCUT2D eigenvalue weighted by atomic mass is 10.1. The highest BCUT2D eigenvalue weighted by molar-refractivity contribution is 7.91. The van der Waals surface area contributed by atoms with Gasteiger partial charge >= 0.3 is 6.03 Å². The number of carbonyl (C=O) groups excluding carboxylic acids is 3. The van der Waals surface area contributed by atoms with Crippen molar-refractivity contribution in [2.24, 2.45) is 0 Å². The molecular formula is C17H21N3O6S. The number of amides is 4. The third-order valence-electron chi connectivity index (χ3n) is 4.61. The first-order valence-electron chi connectivity index (χ1n) is 8.57. The molecule has 0 saturated carbocycles.